The summed E-state index contributed by atoms with van der Waals surface area (Å²) in [7, 11) is 1.50. The standard InChI is InChI=1S/C10H7F5N4S/c1-19-9(16)17-18-10(19)20-2-3-4(11)6(13)8(15)7(14)5(3)12/h2H2,1H3,(H2,16,17). The summed E-state index contributed by atoms with van der Waals surface area (Å²) in [4.78, 5) is 0. The number of halogens is 5. The number of benzene rings is 1. The van der Waals surface area contributed by atoms with E-state index in [4.69, 9.17) is 5.73 Å². The molecule has 0 aliphatic rings. The predicted octanol–water partition coefficient (Wildman–Crippen LogP) is 2.39. The number of anilines is 1. The summed E-state index contributed by atoms with van der Waals surface area (Å²) >= 11 is 0.746. The summed E-state index contributed by atoms with van der Waals surface area (Å²) in [5.74, 6) is -10.3. The van der Waals surface area contributed by atoms with Crippen LogP contribution in [0, 0.1) is 29.1 Å². The molecule has 108 valence electrons. The van der Waals surface area contributed by atoms with E-state index in [1.807, 2.05) is 0 Å². The van der Waals surface area contributed by atoms with Gasteiger partial charge in [0.25, 0.3) is 0 Å². The van der Waals surface area contributed by atoms with Crippen molar-refractivity contribution in [2.75, 3.05) is 5.73 Å². The van der Waals surface area contributed by atoms with Crippen molar-refractivity contribution in [3.63, 3.8) is 0 Å². The van der Waals surface area contributed by atoms with Crippen LogP contribution in [0.1, 0.15) is 5.56 Å². The molecule has 20 heavy (non-hydrogen) atoms. The molecule has 0 radical (unpaired) electrons. The predicted molar refractivity (Wildman–Crippen MR) is 61.2 cm³/mol. The van der Waals surface area contributed by atoms with E-state index in [-0.39, 0.29) is 11.1 Å². The lowest BCUT2D eigenvalue weighted by molar-refractivity contribution is 0.372. The highest BCUT2D eigenvalue weighted by Crippen LogP contribution is 2.28. The molecule has 10 heteroatoms. The van der Waals surface area contributed by atoms with Crippen LogP contribution < -0.4 is 5.73 Å². The average molecular weight is 310 g/mol. The molecule has 2 aromatic rings. The Morgan fingerprint density at radius 3 is 1.90 bits per heavy atom. The lowest BCUT2D eigenvalue weighted by Gasteiger charge is -2.07. The number of aromatic nitrogens is 3. The molecule has 1 aromatic heterocycles. The SMILES string of the molecule is Cn1c(N)nnc1SCc1c(F)c(F)c(F)c(F)c1F. The van der Waals surface area contributed by atoms with Gasteiger partial charge in [-0.25, -0.2) is 22.0 Å². The monoisotopic (exact) mass is 310 g/mol. The van der Waals surface area contributed by atoms with Gasteiger partial charge in [0, 0.05) is 18.4 Å². The molecular weight excluding hydrogens is 303 g/mol. The van der Waals surface area contributed by atoms with E-state index in [2.05, 4.69) is 10.2 Å². The zero-order valence-electron chi connectivity index (χ0n) is 9.92. The second kappa shape index (κ2) is 5.27. The number of nitrogen functional groups attached to an aromatic ring is 1. The number of nitrogens with zero attached hydrogens (tertiary/aromatic N) is 3. The van der Waals surface area contributed by atoms with Crippen LogP contribution in [0.3, 0.4) is 0 Å². The van der Waals surface area contributed by atoms with Crippen molar-refractivity contribution in [1.29, 1.82) is 0 Å². The van der Waals surface area contributed by atoms with Gasteiger partial charge in [-0.1, -0.05) is 11.8 Å². The molecule has 0 atom stereocenters. The van der Waals surface area contributed by atoms with E-state index < -0.39 is 40.4 Å². The Hall–Kier alpha value is -1.84. The van der Waals surface area contributed by atoms with Crippen LogP contribution in [0.5, 0.6) is 0 Å². The molecule has 0 saturated heterocycles. The smallest absolute Gasteiger partial charge is 0.222 e. The highest BCUT2D eigenvalue weighted by Gasteiger charge is 2.25. The van der Waals surface area contributed by atoms with Crippen molar-refractivity contribution in [1.82, 2.24) is 14.8 Å². The third-order valence-corrected chi connectivity index (χ3v) is 3.56. The maximum Gasteiger partial charge on any atom is 0.222 e. The first kappa shape index (κ1) is 14.6. The Balaban J connectivity index is 2.33. The van der Waals surface area contributed by atoms with Crippen LogP contribution >= 0.6 is 11.8 Å². The van der Waals surface area contributed by atoms with E-state index in [9.17, 15) is 22.0 Å². The van der Waals surface area contributed by atoms with Gasteiger partial charge in [0.2, 0.25) is 11.8 Å². The fraction of sp³-hybridized carbons (Fsp3) is 0.200. The van der Waals surface area contributed by atoms with Gasteiger partial charge in [-0.3, -0.25) is 4.57 Å². The Bertz CT molecular complexity index is 643. The molecule has 2 N–H and O–H groups in total. The second-order valence-electron chi connectivity index (χ2n) is 3.74. The zero-order chi connectivity index (χ0) is 15.0. The maximum absolute atomic E-state index is 13.4. The first-order valence-corrected chi connectivity index (χ1v) is 6.11. The molecule has 0 bridgehead atoms. The van der Waals surface area contributed by atoms with Crippen molar-refractivity contribution < 1.29 is 22.0 Å². The summed E-state index contributed by atoms with van der Waals surface area (Å²) in [6.45, 7) is 0. The fourth-order valence-electron chi connectivity index (χ4n) is 1.37. The van der Waals surface area contributed by atoms with Crippen LogP contribution in [-0.2, 0) is 12.8 Å². The number of hydrogen-bond acceptors (Lipinski definition) is 4. The van der Waals surface area contributed by atoms with Gasteiger partial charge in [0.1, 0.15) is 0 Å². The third kappa shape index (κ3) is 2.30. The van der Waals surface area contributed by atoms with E-state index >= 15 is 0 Å². The number of nitrogens with two attached hydrogens (primary N) is 1. The van der Waals surface area contributed by atoms with Crippen LogP contribution in [0.25, 0.3) is 0 Å². The Labute approximate surface area is 113 Å². The topological polar surface area (TPSA) is 56.7 Å². The quantitative estimate of drug-likeness (QED) is 0.409. The van der Waals surface area contributed by atoms with Crippen molar-refractivity contribution >= 4 is 17.7 Å². The molecule has 0 amide bonds. The Morgan fingerprint density at radius 1 is 0.950 bits per heavy atom. The minimum absolute atomic E-state index is 0.0601. The highest BCUT2D eigenvalue weighted by molar-refractivity contribution is 7.98. The van der Waals surface area contributed by atoms with Gasteiger partial charge in [-0.05, 0) is 0 Å². The van der Waals surface area contributed by atoms with Crippen molar-refractivity contribution in [3.05, 3.63) is 34.6 Å². The largest absolute Gasteiger partial charge is 0.368 e. The molecule has 1 heterocycles. The lowest BCUT2D eigenvalue weighted by Crippen LogP contribution is -2.06. The van der Waals surface area contributed by atoms with Crippen LogP contribution in [0.4, 0.5) is 27.9 Å². The molecule has 0 spiro atoms. The van der Waals surface area contributed by atoms with Gasteiger partial charge in [-0.15, -0.1) is 10.2 Å². The van der Waals surface area contributed by atoms with Gasteiger partial charge >= 0.3 is 0 Å². The number of hydrogen-bond donors (Lipinski definition) is 1. The van der Waals surface area contributed by atoms with Crippen LogP contribution in [0.15, 0.2) is 5.16 Å². The van der Waals surface area contributed by atoms with Crippen LogP contribution in [0.2, 0.25) is 0 Å². The number of rotatable bonds is 3. The molecule has 0 aliphatic heterocycles. The Kier molecular flexibility index (Phi) is 3.84. The molecule has 0 aliphatic carbocycles. The first-order chi connectivity index (χ1) is 9.34. The molecule has 0 fully saturated rings. The summed E-state index contributed by atoms with van der Waals surface area (Å²) in [6.07, 6.45) is 0. The molecular formula is C10H7F5N4S. The van der Waals surface area contributed by atoms with Crippen molar-refractivity contribution in [2.24, 2.45) is 7.05 Å². The second-order valence-corrected chi connectivity index (χ2v) is 4.68. The van der Waals surface area contributed by atoms with Gasteiger partial charge in [0.05, 0.1) is 0 Å². The average Bonchev–Trinajstić information content (AvgIpc) is 2.75. The minimum Gasteiger partial charge on any atom is -0.368 e. The maximum atomic E-state index is 13.4. The normalized spacial score (nSPS) is 11.1. The van der Waals surface area contributed by atoms with E-state index in [0.717, 1.165) is 11.8 Å². The molecule has 1 aromatic carbocycles. The van der Waals surface area contributed by atoms with Gasteiger partial charge < -0.3 is 5.73 Å². The summed E-state index contributed by atoms with van der Waals surface area (Å²) in [5, 5.41) is 7.28. The molecule has 4 nitrogen and oxygen atoms in total. The molecule has 2 rings (SSSR count). The lowest BCUT2D eigenvalue weighted by atomic mass is 10.2. The fourth-order valence-corrected chi connectivity index (χ4v) is 2.28. The molecule has 0 saturated carbocycles. The number of thioether (sulfide) groups is 1. The highest BCUT2D eigenvalue weighted by atomic mass is 32.2. The van der Waals surface area contributed by atoms with Gasteiger partial charge in [0.15, 0.2) is 28.4 Å². The van der Waals surface area contributed by atoms with Crippen LogP contribution in [-0.4, -0.2) is 14.8 Å². The Morgan fingerprint density at radius 2 is 1.45 bits per heavy atom. The van der Waals surface area contributed by atoms with E-state index in [1.165, 1.54) is 11.6 Å². The third-order valence-electron chi connectivity index (χ3n) is 2.51. The summed E-state index contributed by atoms with van der Waals surface area (Å²) < 4.78 is 67.0. The minimum atomic E-state index is -2.18. The van der Waals surface area contributed by atoms with Gasteiger partial charge in [-0.2, -0.15) is 0 Å². The van der Waals surface area contributed by atoms with E-state index in [0.29, 0.717) is 0 Å². The zero-order valence-corrected chi connectivity index (χ0v) is 10.7. The van der Waals surface area contributed by atoms with E-state index in [1.54, 1.807) is 0 Å². The van der Waals surface area contributed by atoms with Crippen molar-refractivity contribution in [2.45, 2.75) is 10.9 Å². The molecule has 0 unspecified atom stereocenters. The first-order valence-electron chi connectivity index (χ1n) is 5.12. The van der Waals surface area contributed by atoms with Crippen molar-refractivity contribution in [3.8, 4) is 0 Å². The summed E-state index contributed by atoms with van der Waals surface area (Å²) in [6, 6.07) is 0. The summed E-state index contributed by atoms with van der Waals surface area (Å²) in [5.41, 5.74) is 4.47.